The van der Waals surface area contributed by atoms with Crippen molar-refractivity contribution in [2.45, 2.75) is 38.0 Å². The van der Waals surface area contributed by atoms with E-state index < -0.39 is 17.2 Å². The van der Waals surface area contributed by atoms with Crippen LogP contribution in [0.4, 0.5) is 0 Å². The Balaban J connectivity index is 2.41. The number of Topliss-reactive ketones (excluding diaryl/α,β-unsaturated/α-hetero) is 1. The highest BCUT2D eigenvalue weighted by atomic mass is 32.2. The lowest BCUT2D eigenvalue weighted by Gasteiger charge is -2.15. The molecular weight excluding hydrogens is 294 g/mol. The predicted octanol–water partition coefficient (Wildman–Crippen LogP) is -0.710. The summed E-state index contributed by atoms with van der Waals surface area (Å²) in [6.07, 6.45) is 0.882. The minimum Gasteiger partial charge on any atom is -0.348 e. The molecule has 1 fully saturated rings. The van der Waals surface area contributed by atoms with Gasteiger partial charge in [0, 0.05) is 18.7 Å². The van der Waals surface area contributed by atoms with Crippen LogP contribution in [0.15, 0.2) is 0 Å². The molecule has 0 aliphatic carbocycles. The minimum atomic E-state index is -0.808. The molecule has 0 saturated carbocycles. The molecule has 1 heterocycles. The summed E-state index contributed by atoms with van der Waals surface area (Å²) in [5.41, 5.74) is 5.70. The zero-order chi connectivity index (χ0) is 16.0. The Bertz CT molecular complexity index is 441. The lowest BCUT2D eigenvalue weighted by molar-refractivity contribution is -0.138. The summed E-state index contributed by atoms with van der Waals surface area (Å²) in [7, 11) is 0. The van der Waals surface area contributed by atoms with Crippen molar-refractivity contribution in [3.05, 3.63) is 0 Å². The molecule has 1 saturated heterocycles. The van der Waals surface area contributed by atoms with E-state index in [0.717, 1.165) is 6.42 Å². The molecule has 0 spiro atoms. The number of likely N-dealkylation sites (tertiary alicyclic amines) is 1. The Labute approximate surface area is 128 Å². The summed E-state index contributed by atoms with van der Waals surface area (Å²) in [6, 6.07) is -0.808. The Morgan fingerprint density at radius 1 is 1.48 bits per heavy atom. The summed E-state index contributed by atoms with van der Waals surface area (Å²) in [5.74, 6) is -0.736. The van der Waals surface area contributed by atoms with Gasteiger partial charge < -0.3 is 11.1 Å². The lowest BCUT2D eigenvalue weighted by Crippen LogP contribution is -2.44. The molecule has 1 unspecified atom stereocenters. The Morgan fingerprint density at radius 2 is 2.14 bits per heavy atom. The van der Waals surface area contributed by atoms with Gasteiger partial charge in [0.1, 0.15) is 5.78 Å². The number of imide groups is 1. The standard InChI is InChI=1S/C13H21N3O4S/c1-3-4-16-11(18)5-10(13(16)20)21-7-9(14)12(19)15-6-8(2)17/h9-10H,3-7,14H2,1-2H3,(H,15,19)/t9-,10?/m1/s1. The van der Waals surface area contributed by atoms with Crippen molar-refractivity contribution in [2.24, 2.45) is 5.73 Å². The summed E-state index contributed by atoms with van der Waals surface area (Å²) < 4.78 is 0. The van der Waals surface area contributed by atoms with Crippen LogP contribution in [0.2, 0.25) is 0 Å². The molecule has 3 amide bonds. The van der Waals surface area contributed by atoms with Crippen LogP contribution in [-0.4, -0.2) is 58.5 Å². The van der Waals surface area contributed by atoms with E-state index in [-0.39, 0.29) is 36.3 Å². The zero-order valence-electron chi connectivity index (χ0n) is 12.3. The highest BCUT2D eigenvalue weighted by Gasteiger charge is 2.38. The fraction of sp³-hybridized carbons (Fsp3) is 0.692. The molecule has 0 bridgehead atoms. The summed E-state index contributed by atoms with van der Waals surface area (Å²) in [4.78, 5) is 47.3. The van der Waals surface area contributed by atoms with E-state index in [9.17, 15) is 19.2 Å². The van der Waals surface area contributed by atoms with Crippen molar-refractivity contribution >= 4 is 35.3 Å². The number of rotatable bonds is 8. The number of hydrogen-bond acceptors (Lipinski definition) is 6. The number of nitrogens with two attached hydrogens (primary N) is 1. The number of ketones is 1. The number of nitrogens with zero attached hydrogens (tertiary/aromatic N) is 1. The molecule has 7 nitrogen and oxygen atoms in total. The average Bonchev–Trinajstić information content (AvgIpc) is 2.70. The fourth-order valence-electron chi connectivity index (χ4n) is 1.88. The summed E-state index contributed by atoms with van der Waals surface area (Å²) in [6.45, 7) is 3.64. The van der Waals surface area contributed by atoms with Gasteiger partial charge in [-0.3, -0.25) is 24.1 Å². The fourth-order valence-corrected chi connectivity index (χ4v) is 3.00. The van der Waals surface area contributed by atoms with Crippen LogP contribution in [-0.2, 0) is 19.2 Å². The monoisotopic (exact) mass is 315 g/mol. The van der Waals surface area contributed by atoms with Crippen LogP contribution in [0.5, 0.6) is 0 Å². The van der Waals surface area contributed by atoms with Crippen LogP contribution < -0.4 is 11.1 Å². The second-order valence-electron chi connectivity index (χ2n) is 4.94. The third-order valence-electron chi connectivity index (χ3n) is 2.98. The number of hydrogen-bond donors (Lipinski definition) is 2. The van der Waals surface area contributed by atoms with Gasteiger partial charge in [0.25, 0.3) is 0 Å². The van der Waals surface area contributed by atoms with Crippen molar-refractivity contribution in [1.29, 1.82) is 0 Å². The van der Waals surface area contributed by atoms with Crippen molar-refractivity contribution in [1.82, 2.24) is 10.2 Å². The van der Waals surface area contributed by atoms with Crippen LogP contribution in [0.3, 0.4) is 0 Å². The van der Waals surface area contributed by atoms with Gasteiger partial charge in [0.05, 0.1) is 17.8 Å². The van der Waals surface area contributed by atoms with Crippen LogP contribution >= 0.6 is 11.8 Å². The molecule has 0 aromatic carbocycles. The number of thioether (sulfide) groups is 1. The molecular formula is C13H21N3O4S. The Kier molecular flexibility index (Phi) is 6.83. The Hall–Kier alpha value is -1.41. The molecule has 1 aliphatic rings. The topological polar surface area (TPSA) is 110 Å². The largest absolute Gasteiger partial charge is 0.348 e. The van der Waals surface area contributed by atoms with Crippen LogP contribution in [0, 0.1) is 0 Å². The van der Waals surface area contributed by atoms with Crippen molar-refractivity contribution in [3.8, 4) is 0 Å². The van der Waals surface area contributed by atoms with E-state index in [1.54, 1.807) is 0 Å². The van der Waals surface area contributed by atoms with E-state index in [0.29, 0.717) is 6.54 Å². The van der Waals surface area contributed by atoms with Gasteiger partial charge in [-0.1, -0.05) is 6.92 Å². The van der Waals surface area contributed by atoms with Crippen molar-refractivity contribution in [2.75, 3.05) is 18.8 Å². The number of amides is 3. The molecule has 8 heteroatoms. The van der Waals surface area contributed by atoms with Crippen molar-refractivity contribution < 1.29 is 19.2 Å². The van der Waals surface area contributed by atoms with E-state index >= 15 is 0 Å². The first-order valence-corrected chi connectivity index (χ1v) is 7.90. The molecule has 0 aromatic heterocycles. The van der Waals surface area contributed by atoms with E-state index in [1.807, 2.05) is 6.92 Å². The molecule has 1 aliphatic heterocycles. The maximum atomic E-state index is 12.0. The number of nitrogens with one attached hydrogen (secondary N) is 1. The second-order valence-corrected chi connectivity index (χ2v) is 6.17. The molecule has 2 atom stereocenters. The molecule has 1 rings (SSSR count). The van der Waals surface area contributed by atoms with Gasteiger partial charge >= 0.3 is 0 Å². The van der Waals surface area contributed by atoms with E-state index in [2.05, 4.69) is 5.32 Å². The minimum absolute atomic E-state index is 0.0533. The second kappa shape index (κ2) is 8.14. The highest BCUT2D eigenvalue weighted by Crippen LogP contribution is 2.25. The SMILES string of the molecule is CCCN1C(=O)CC(SC[C@@H](N)C(=O)NCC(C)=O)C1=O. The lowest BCUT2D eigenvalue weighted by atomic mass is 10.3. The first-order chi connectivity index (χ1) is 9.86. The first kappa shape index (κ1) is 17.6. The quantitative estimate of drug-likeness (QED) is 0.573. The van der Waals surface area contributed by atoms with Gasteiger partial charge in [-0.2, -0.15) is 0 Å². The van der Waals surface area contributed by atoms with Crippen molar-refractivity contribution in [3.63, 3.8) is 0 Å². The maximum absolute atomic E-state index is 12.0. The molecule has 21 heavy (non-hydrogen) atoms. The first-order valence-electron chi connectivity index (χ1n) is 6.85. The normalized spacial score (nSPS) is 19.8. The van der Waals surface area contributed by atoms with E-state index in [4.69, 9.17) is 5.73 Å². The Morgan fingerprint density at radius 3 is 2.71 bits per heavy atom. The van der Waals surface area contributed by atoms with Crippen LogP contribution in [0.25, 0.3) is 0 Å². The maximum Gasteiger partial charge on any atom is 0.242 e. The average molecular weight is 315 g/mol. The van der Waals surface area contributed by atoms with E-state index in [1.165, 1.54) is 23.6 Å². The predicted molar refractivity (Wildman–Crippen MR) is 79.5 cm³/mol. The highest BCUT2D eigenvalue weighted by molar-refractivity contribution is 8.00. The molecule has 3 N–H and O–H groups in total. The van der Waals surface area contributed by atoms with Gasteiger partial charge in [-0.05, 0) is 13.3 Å². The van der Waals surface area contributed by atoms with Crippen LogP contribution in [0.1, 0.15) is 26.7 Å². The van der Waals surface area contributed by atoms with Gasteiger partial charge in [-0.25, -0.2) is 0 Å². The summed E-state index contributed by atoms with van der Waals surface area (Å²) in [5, 5.41) is 1.95. The molecule has 0 aromatic rings. The number of carbonyl (C=O) groups excluding carboxylic acids is 4. The summed E-state index contributed by atoms with van der Waals surface area (Å²) >= 11 is 1.21. The van der Waals surface area contributed by atoms with Gasteiger partial charge in [0.15, 0.2) is 0 Å². The molecule has 0 radical (unpaired) electrons. The third kappa shape index (κ3) is 5.13. The van der Waals surface area contributed by atoms with Gasteiger partial charge in [0.2, 0.25) is 17.7 Å². The number of carbonyl (C=O) groups is 4. The van der Waals surface area contributed by atoms with Gasteiger partial charge in [-0.15, -0.1) is 11.8 Å². The zero-order valence-corrected chi connectivity index (χ0v) is 13.1. The smallest absolute Gasteiger partial charge is 0.242 e. The third-order valence-corrected chi connectivity index (χ3v) is 4.30. The molecule has 118 valence electrons.